The van der Waals surface area contributed by atoms with E-state index in [9.17, 15) is 42.3 Å². The Balaban J connectivity index is 0.697. The van der Waals surface area contributed by atoms with Crippen molar-refractivity contribution in [1.29, 1.82) is 0 Å². The monoisotopic (exact) mass is 1040 g/mol. The van der Waals surface area contributed by atoms with Crippen molar-refractivity contribution in [2.24, 2.45) is 18.4 Å². The van der Waals surface area contributed by atoms with E-state index in [2.05, 4.69) is 31.0 Å². The Hall–Kier alpha value is -7.78. The van der Waals surface area contributed by atoms with Gasteiger partial charge in [-0.05, 0) is 134 Å². The summed E-state index contributed by atoms with van der Waals surface area (Å²) in [7, 11) is 1.55. The lowest BCUT2D eigenvalue weighted by Crippen LogP contribution is -2.49. The Morgan fingerprint density at radius 2 is 1.71 bits per heavy atom. The number of benzene rings is 4. The molecule has 1 saturated carbocycles. The van der Waals surface area contributed by atoms with Crippen molar-refractivity contribution < 1.29 is 51.4 Å². The molecule has 1 aliphatic carbocycles. The van der Waals surface area contributed by atoms with E-state index in [-0.39, 0.29) is 89.6 Å². The SMILES string of the molecule is Cn1nc(C2CCC(=O)NC2=O)c2ccc(NC(=O)CN3CCC4(CC3)CC(COc3ccc(-c5ccc(N6CCc7cccc(C(=O)Nc8nc9ccccc9s8)c7C6)nc5C(=O)O)c(C(F)(F)F)c3)C4)c(F)c21. The number of aromatic nitrogens is 4. The summed E-state index contributed by atoms with van der Waals surface area (Å²) in [6.45, 7) is 2.12. The summed E-state index contributed by atoms with van der Waals surface area (Å²) >= 11 is 1.35. The second-order valence-corrected chi connectivity index (χ2v) is 20.9. The van der Waals surface area contributed by atoms with Crippen LogP contribution in [0.4, 0.5) is 34.2 Å². The van der Waals surface area contributed by atoms with E-state index in [1.165, 1.54) is 46.4 Å². The summed E-state index contributed by atoms with van der Waals surface area (Å²) in [5.41, 5.74) is 1.17. The Kier molecular flexibility index (Phi) is 12.8. The van der Waals surface area contributed by atoms with Crippen LogP contribution in [0, 0.1) is 17.2 Å². The molecular formula is C54H49F4N9O7S. The smallest absolute Gasteiger partial charge is 0.417 e. The molecule has 4 N–H and O–H groups in total. The van der Waals surface area contributed by atoms with Crippen molar-refractivity contribution in [2.75, 3.05) is 48.3 Å². The fraction of sp³-hybridized carbons (Fsp3) is 0.333. The number of fused-ring (bicyclic) bond motifs is 3. The number of pyridine rings is 1. The normalized spacial score (nSPS) is 17.9. The summed E-state index contributed by atoms with van der Waals surface area (Å²) in [6.07, 6.45) is -0.729. The summed E-state index contributed by atoms with van der Waals surface area (Å²) in [5, 5.41) is 23.5. The third-order valence-corrected chi connectivity index (χ3v) is 16.0. The first-order valence-corrected chi connectivity index (χ1v) is 25.4. The lowest BCUT2D eigenvalue weighted by atomic mass is 9.58. The maximum absolute atomic E-state index is 15.8. The number of para-hydroxylation sites is 1. The van der Waals surface area contributed by atoms with E-state index in [1.807, 2.05) is 40.1 Å². The first kappa shape index (κ1) is 49.4. The van der Waals surface area contributed by atoms with Gasteiger partial charge in [0.15, 0.2) is 16.6 Å². The van der Waals surface area contributed by atoms with Gasteiger partial charge in [0.25, 0.3) is 5.91 Å². The predicted molar refractivity (Wildman–Crippen MR) is 271 cm³/mol. The molecule has 0 radical (unpaired) electrons. The number of imide groups is 1. The van der Waals surface area contributed by atoms with Crippen LogP contribution in [0.15, 0.2) is 84.9 Å². The zero-order valence-electron chi connectivity index (χ0n) is 40.4. The number of alkyl halides is 3. The zero-order valence-corrected chi connectivity index (χ0v) is 41.2. The molecule has 0 bridgehead atoms. The Bertz CT molecular complexity index is 3440. The Morgan fingerprint density at radius 1 is 0.920 bits per heavy atom. The van der Waals surface area contributed by atoms with Crippen LogP contribution in [-0.4, -0.2) is 92.1 Å². The lowest BCUT2D eigenvalue weighted by Gasteiger charge is -2.52. The number of carboxylic acids is 1. The van der Waals surface area contributed by atoms with Crippen LogP contribution >= 0.6 is 11.3 Å². The van der Waals surface area contributed by atoms with Crippen molar-refractivity contribution in [1.82, 2.24) is 30.0 Å². The number of piperidine rings is 2. The number of hydrogen-bond acceptors (Lipinski definition) is 12. The van der Waals surface area contributed by atoms with E-state index in [1.54, 1.807) is 25.2 Å². The van der Waals surface area contributed by atoms with Crippen LogP contribution in [0.25, 0.3) is 32.2 Å². The number of aryl methyl sites for hydroxylation is 1. The van der Waals surface area contributed by atoms with Gasteiger partial charge in [-0.3, -0.25) is 39.4 Å². The quantitative estimate of drug-likeness (QED) is 0.0670. The topological polar surface area (TPSA) is 201 Å². The van der Waals surface area contributed by atoms with Crippen molar-refractivity contribution in [3.05, 3.63) is 124 Å². The highest BCUT2D eigenvalue weighted by Gasteiger charge is 2.46. The van der Waals surface area contributed by atoms with Crippen LogP contribution in [0.2, 0.25) is 0 Å². The molecule has 1 spiro atoms. The third-order valence-electron chi connectivity index (χ3n) is 15.1. The summed E-state index contributed by atoms with van der Waals surface area (Å²) < 4.78 is 68.5. The molecule has 3 fully saturated rings. The zero-order chi connectivity index (χ0) is 52.3. The molecule has 16 nitrogen and oxygen atoms in total. The van der Waals surface area contributed by atoms with E-state index in [4.69, 9.17) is 4.74 Å². The first-order valence-electron chi connectivity index (χ1n) is 24.6. The van der Waals surface area contributed by atoms with Gasteiger partial charge in [0.1, 0.15) is 17.1 Å². The molecule has 3 aliphatic heterocycles. The molecule has 21 heteroatoms. The maximum atomic E-state index is 15.8. The van der Waals surface area contributed by atoms with Gasteiger partial charge in [0.05, 0.1) is 46.2 Å². The van der Waals surface area contributed by atoms with Gasteiger partial charge in [-0.1, -0.05) is 41.7 Å². The van der Waals surface area contributed by atoms with E-state index < -0.39 is 47.0 Å². The molecule has 7 aromatic rings. The number of likely N-dealkylation sites (tertiary alicyclic amines) is 1. The fourth-order valence-electron chi connectivity index (χ4n) is 11.3. The van der Waals surface area contributed by atoms with Crippen LogP contribution in [0.3, 0.4) is 0 Å². The van der Waals surface area contributed by atoms with Crippen LogP contribution < -0.4 is 25.6 Å². The Morgan fingerprint density at radius 3 is 2.47 bits per heavy atom. The molecule has 75 heavy (non-hydrogen) atoms. The second kappa shape index (κ2) is 19.5. The molecule has 2 saturated heterocycles. The number of carboxylic acid groups (broad SMARTS) is 1. The van der Waals surface area contributed by atoms with Gasteiger partial charge in [0.2, 0.25) is 17.7 Å². The molecule has 6 heterocycles. The largest absolute Gasteiger partial charge is 0.493 e. The van der Waals surface area contributed by atoms with Crippen LogP contribution in [0.5, 0.6) is 5.75 Å². The molecule has 11 rings (SSSR count). The highest BCUT2D eigenvalue weighted by Crippen LogP contribution is 2.53. The minimum absolute atomic E-state index is 0.00185. The predicted octanol–water partition coefficient (Wildman–Crippen LogP) is 8.95. The molecule has 3 aromatic heterocycles. The number of halogens is 4. The molecule has 4 amide bonds. The van der Waals surface area contributed by atoms with Crippen molar-refractivity contribution in [2.45, 2.75) is 63.6 Å². The second-order valence-electron chi connectivity index (χ2n) is 19.9. The van der Waals surface area contributed by atoms with Gasteiger partial charge in [-0.15, -0.1) is 0 Å². The van der Waals surface area contributed by atoms with Crippen molar-refractivity contribution in [3.8, 4) is 16.9 Å². The highest BCUT2D eigenvalue weighted by molar-refractivity contribution is 7.22. The number of ether oxygens (including phenoxy) is 1. The van der Waals surface area contributed by atoms with E-state index in [0.717, 1.165) is 53.1 Å². The molecule has 1 unspecified atom stereocenters. The number of carbonyl (C=O) groups excluding carboxylic acids is 4. The number of hydrogen-bond donors (Lipinski definition) is 4. The Labute approximate surface area is 430 Å². The molecule has 4 aromatic carbocycles. The van der Waals surface area contributed by atoms with Gasteiger partial charge in [-0.2, -0.15) is 18.3 Å². The fourth-order valence-corrected chi connectivity index (χ4v) is 12.2. The number of nitrogens with one attached hydrogen (secondary N) is 3. The standard InChI is InChI=1S/C54H49F4N9O7S/c1-65-48-35(46(64-65)36-13-16-43(68)62-50(36)71)11-14-40(45(48)55)59-44(69)27-66-21-18-53(19-22-66)24-29(25-53)28-74-31-9-10-32(38(23-31)54(56,57)58)33-12-15-42(61-47(33)51(72)73)67-20-17-30-5-4-6-34(37(30)26-67)49(70)63-52-60-39-7-2-3-8-41(39)75-52/h2-12,14-15,23,29,36H,13,16-22,24-28H2,1H3,(H,59,69)(H,72,73)(H,60,63,70)(H,62,68,71). The molecule has 1 atom stereocenters. The molecule has 4 aliphatic rings. The van der Waals surface area contributed by atoms with Gasteiger partial charge < -0.3 is 20.1 Å². The number of thiazole rings is 1. The third kappa shape index (κ3) is 9.77. The number of nitrogens with zero attached hydrogens (tertiary/aromatic N) is 6. The van der Waals surface area contributed by atoms with Crippen LogP contribution in [0.1, 0.15) is 87.7 Å². The molecule has 386 valence electrons. The first-order chi connectivity index (χ1) is 36.0. The van der Waals surface area contributed by atoms with Crippen molar-refractivity contribution >= 4 is 78.7 Å². The summed E-state index contributed by atoms with van der Waals surface area (Å²) in [6, 6.07) is 22.4. The maximum Gasteiger partial charge on any atom is 0.417 e. The van der Waals surface area contributed by atoms with Crippen LogP contribution in [-0.2, 0) is 40.6 Å². The lowest BCUT2D eigenvalue weighted by molar-refractivity contribution is -0.137. The summed E-state index contributed by atoms with van der Waals surface area (Å²) in [4.78, 5) is 76.4. The minimum atomic E-state index is -4.86. The van der Waals surface area contributed by atoms with Gasteiger partial charge >= 0.3 is 12.1 Å². The van der Waals surface area contributed by atoms with E-state index >= 15 is 4.39 Å². The molecular weight excluding hydrogens is 995 g/mol. The number of anilines is 3. The van der Waals surface area contributed by atoms with Gasteiger partial charge in [0, 0.05) is 43.1 Å². The average molecular weight is 1040 g/mol. The van der Waals surface area contributed by atoms with Crippen molar-refractivity contribution in [3.63, 3.8) is 0 Å². The minimum Gasteiger partial charge on any atom is -0.493 e. The summed E-state index contributed by atoms with van der Waals surface area (Å²) in [5.74, 6) is -4.14. The number of aromatic carboxylic acids is 1. The average Bonchev–Trinajstić information content (AvgIpc) is 3.95. The number of carbonyl (C=O) groups is 5. The highest BCUT2D eigenvalue weighted by atomic mass is 32.1. The number of rotatable bonds is 12. The van der Waals surface area contributed by atoms with E-state index in [0.29, 0.717) is 47.8 Å². The number of amides is 4. The van der Waals surface area contributed by atoms with Gasteiger partial charge in [-0.25, -0.2) is 19.2 Å².